The van der Waals surface area contributed by atoms with Crippen LogP contribution in [-0.2, 0) is 7.05 Å². The Labute approximate surface area is 70.9 Å². The van der Waals surface area contributed by atoms with Crippen molar-refractivity contribution in [2.75, 3.05) is 0 Å². The molecule has 3 heteroatoms. The fourth-order valence-electron chi connectivity index (χ4n) is 0.768. The van der Waals surface area contributed by atoms with Gasteiger partial charge in [0, 0.05) is 13.2 Å². The Bertz CT molecular complexity index is 330. The summed E-state index contributed by atoms with van der Waals surface area (Å²) >= 11 is 4.97. The lowest BCUT2D eigenvalue weighted by Crippen LogP contribution is -1.81. The SMILES string of the molecule is C=C/C=C\c1cn(C)c(=S)[nH]1. The molecule has 0 aromatic carbocycles. The summed E-state index contributed by atoms with van der Waals surface area (Å²) in [6, 6.07) is 0. The zero-order chi connectivity index (χ0) is 8.27. The van der Waals surface area contributed by atoms with Crippen molar-refractivity contribution in [1.29, 1.82) is 0 Å². The second-order valence-corrected chi connectivity index (χ2v) is 2.61. The van der Waals surface area contributed by atoms with Crippen molar-refractivity contribution in [3.05, 3.63) is 35.4 Å². The highest BCUT2D eigenvalue weighted by Crippen LogP contribution is 1.98. The number of rotatable bonds is 2. The normalized spacial score (nSPS) is 10.6. The van der Waals surface area contributed by atoms with E-state index in [2.05, 4.69) is 11.6 Å². The minimum atomic E-state index is 0.730. The first-order valence-electron chi connectivity index (χ1n) is 3.29. The van der Waals surface area contributed by atoms with Crippen LogP contribution in [0.1, 0.15) is 5.69 Å². The van der Waals surface area contributed by atoms with Crippen LogP contribution in [0.3, 0.4) is 0 Å². The Morgan fingerprint density at radius 2 is 2.45 bits per heavy atom. The third kappa shape index (κ3) is 1.91. The van der Waals surface area contributed by atoms with Crippen LogP contribution >= 0.6 is 12.2 Å². The van der Waals surface area contributed by atoms with Crippen molar-refractivity contribution in [3.8, 4) is 0 Å². The highest BCUT2D eigenvalue weighted by atomic mass is 32.1. The zero-order valence-corrected chi connectivity index (χ0v) is 7.19. The Morgan fingerprint density at radius 1 is 1.73 bits per heavy atom. The fourth-order valence-corrected chi connectivity index (χ4v) is 0.938. The van der Waals surface area contributed by atoms with Crippen LogP contribution in [0.25, 0.3) is 6.08 Å². The maximum atomic E-state index is 4.97. The molecule has 0 aliphatic rings. The summed E-state index contributed by atoms with van der Waals surface area (Å²) in [5.74, 6) is 0. The van der Waals surface area contributed by atoms with E-state index in [4.69, 9.17) is 12.2 Å². The number of aromatic nitrogens is 2. The summed E-state index contributed by atoms with van der Waals surface area (Å²) in [6.07, 6.45) is 7.44. The standard InChI is InChI=1S/C8H10N2S/c1-3-4-5-7-6-10(2)8(11)9-7/h3-6H,1H2,2H3,(H,9,11)/b5-4-. The number of hydrogen-bond acceptors (Lipinski definition) is 1. The van der Waals surface area contributed by atoms with Crippen molar-refractivity contribution in [2.45, 2.75) is 0 Å². The van der Waals surface area contributed by atoms with E-state index in [0.29, 0.717) is 0 Å². The molecule has 1 rings (SSSR count). The van der Waals surface area contributed by atoms with Crippen LogP contribution in [0.5, 0.6) is 0 Å². The Morgan fingerprint density at radius 3 is 2.91 bits per heavy atom. The fraction of sp³-hybridized carbons (Fsp3) is 0.125. The summed E-state index contributed by atoms with van der Waals surface area (Å²) in [5.41, 5.74) is 0.998. The monoisotopic (exact) mass is 166 g/mol. The molecule has 1 aromatic heterocycles. The van der Waals surface area contributed by atoms with Gasteiger partial charge in [-0.05, 0) is 18.3 Å². The largest absolute Gasteiger partial charge is 0.331 e. The molecule has 1 N–H and O–H groups in total. The van der Waals surface area contributed by atoms with E-state index in [9.17, 15) is 0 Å². The van der Waals surface area contributed by atoms with E-state index >= 15 is 0 Å². The lowest BCUT2D eigenvalue weighted by molar-refractivity contribution is 0.894. The molecule has 0 spiro atoms. The highest BCUT2D eigenvalue weighted by Gasteiger charge is 1.89. The predicted molar refractivity (Wildman–Crippen MR) is 49.8 cm³/mol. The molecule has 58 valence electrons. The second kappa shape index (κ2) is 3.34. The second-order valence-electron chi connectivity index (χ2n) is 2.22. The quantitative estimate of drug-likeness (QED) is 0.528. The van der Waals surface area contributed by atoms with Gasteiger partial charge in [-0.2, -0.15) is 0 Å². The van der Waals surface area contributed by atoms with Gasteiger partial charge in [0.2, 0.25) is 0 Å². The van der Waals surface area contributed by atoms with Crippen molar-refractivity contribution in [2.24, 2.45) is 7.05 Å². The van der Waals surface area contributed by atoms with Crippen LogP contribution < -0.4 is 0 Å². The first-order chi connectivity index (χ1) is 5.24. The molecule has 0 aliphatic heterocycles. The molecule has 0 saturated heterocycles. The molecule has 2 nitrogen and oxygen atoms in total. The van der Waals surface area contributed by atoms with Crippen LogP contribution in [0, 0.1) is 4.77 Å². The van der Waals surface area contributed by atoms with E-state index in [1.54, 1.807) is 6.08 Å². The summed E-state index contributed by atoms with van der Waals surface area (Å²) < 4.78 is 2.59. The number of allylic oxidation sites excluding steroid dienone is 2. The molecule has 0 unspecified atom stereocenters. The first kappa shape index (κ1) is 8.01. The molecule has 1 aromatic rings. The van der Waals surface area contributed by atoms with Crippen molar-refractivity contribution < 1.29 is 0 Å². The van der Waals surface area contributed by atoms with Crippen molar-refractivity contribution >= 4 is 18.3 Å². The van der Waals surface area contributed by atoms with Crippen LogP contribution in [-0.4, -0.2) is 9.55 Å². The van der Waals surface area contributed by atoms with Gasteiger partial charge < -0.3 is 9.55 Å². The van der Waals surface area contributed by atoms with Crippen LogP contribution in [0.15, 0.2) is 24.9 Å². The Balaban J connectivity index is 2.98. The number of nitrogens with one attached hydrogen (secondary N) is 1. The molecule has 0 amide bonds. The van der Waals surface area contributed by atoms with Gasteiger partial charge in [0.1, 0.15) is 0 Å². The maximum absolute atomic E-state index is 4.97. The highest BCUT2D eigenvalue weighted by molar-refractivity contribution is 7.71. The van der Waals surface area contributed by atoms with Crippen molar-refractivity contribution in [1.82, 2.24) is 9.55 Å². The molecule has 11 heavy (non-hydrogen) atoms. The molecular formula is C8H10N2S. The molecule has 0 atom stereocenters. The average Bonchev–Trinajstić information content (AvgIpc) is 2.28. The van der Waals surface area contributed by atoms with Gasteiger partial charge in [0.15, 0.2) is 4.77 Å². The van der Waals surface area contributed by atoms with Crippen LogP contribution in [0.4, 0.5) is 0 Å². The van der Waals surface area contributed by atoms with Gasteiger partial charge in [0.25, 0.3) is 0 Å². The molecular weight excluding hydrogens is 156 g/mol. The summed E-state index contributed by atoms with van der Waals surface area (Å²) in [6.45, 7) is 3.57. The van der Waals surface area contributed by atoms with Gasteiger partial charge in [-0.1, -0.05) is 18.7 Å². The molecule has 0 bridgehead atoms. The molecule has 0 fully saturated rings. The molecule has 1 heterocycles. The summed E-state index contributed by atoms with van der Waals surface area (Å²) in [4.78, 5) is 3.02. The summed E-state index contributed by atoms with van der Waals surface area (Å²) in [5, 5.41) is 0. The van der Waals surface area contributed by atoms with Gasteiger partial charge in [-0.15, -0.1) is 0 Å². The minimum Gasteiger partial charge on any atom is -0.331 e. The molecule has 0 aliphatic carbocycles. The molecule has 0 radical (unpaired) electrons. The van der Waals surface area contributed by atoms with Gasteiger partial charge in [-0.25, -0.2) is 0 Å². The Kier molecular flexibility index (Phi) is 2.44. The van der Waals surface area contributed by atoms with E-state index in [-0.39, 0.29) is 0 Å². The third-order valence-electron chi connectivity index (χ3n) is 1.32. The van der Waals surface area contributed by atoms with Crippen molar-refractivity contribution in [3.63, 3.8) is 0 Å². The van der Waals surface area contributed by atoms with Crippen LogP contribution in [0.2, 0.25) is 0 Å². The van der Waals surface area contributed by atoms with Gasteiger partial charge >= 0.3 is 0 Å². The smallest absolute Gasteiger partial charge is 0.177 e. The number of imidazole rings is 1. The number of hydrogen-bond donors (Lipinski definition) is 1. The predicted octanol–water partition coefficient (Wildman–Crippen LogP) is 2.28. The minimum absolute atomic E-state index is 0.730. The van der Waals surface area contributed by atoms with E-state index < -0.39 is 0 Å². The number of nitrogens with zero attached hydrogens (tertiary/aromatic N) is 1. The third-order valence-corrected chi connectivity index (χ3v) is 1.71. The van der Waals surface area contributed by atoms with Gasteiger partial charge in [-0.3, -0.25) is 0 Å². The van der Waals surface area contributed by atoms with E-state index in [1.165, 1.54) is 0 Å². The number of aromatic amines is 1. The Hall–Kier alpha value is -1.09. The van der Waals surface area contributed by atoms with E-state index in [0.717, 1.165) is 10.5 Å². The number of H-pyrrole nitrogens is 1. The maximum Gasteiger partial charge on any atom is 0.177 e. The zero-order valence-electron chi connectivity index (χ0n) is 6.37. The topological polar surface area (TPSA) is 20.7 Å². The lowest BCUT2D eigenvalue weighted by atomic mass is 10.4. The lowest BCUT2D eigenvalue weighted by Gasteiger charge is -1.81. The van der Waals surface area contributed by atoms with E-state index in [1.807, 2.05) is 30.0 Å². The molecule has 0 saturated carbocycles. The average molecular weight is 166 g/mol. The first-order valence-corrected chi connectivity index (χ1v) is 3.69. The van der Waals surface area contributed by atoms with Gasteiger partial charge in [0.05, 0.1) is 5.69 Å². The number of aryl methyl sites for hydroxylation is 1. The summed E-state index contributed by atoms with van der Waals surface area (Å²) in [7, 11) is 1.91.